The van der Waals surface area contributed by atoms with Gasteiger partial charge in [0.05, 0.1) is 18.5 Å². The zero-order chi connectivity index (χ0) is 13.8. The summed E-state index contributed by atoms with van der Waals surface area (Å²) in [5, 5.41) is 8.67. The van der Waals surface area contributed by atoms with Crippen LogP contribution in [0.3, 0.4) is 0 Å². The molecule has 1 heterocycles. The number of nitrogen functional groups attached to an aromatic ring is 1. The van der Waals surface area contributed by atoms with E-state index in [2.05, 4.69) is 4.98 Å². The number of hydrogen-bond donors (Lipinski definition) is 2. The maximum Gasteiger partial charge on any atom is 0.406 e. The van der Waals surface area contributed by atoms with E-state index >= 15 is 0 Å². The van der Waals surface area contributed by atoms with Crippen molar-refractivity contribution in [3.8, 4) is 0 Å². The van der Waals surface area contributed by atoms with Gasteiger partial charge in [-0.2, -0.15) is 13.2 Å². The number of alkyl halides is 3. The second kappa shape index (κ2) is 5.67. The number of amides is 1. The van der Waals surface area contributed by atoms with Crippen LogP contribution in [0.25, 0.3) is 0 Å². The summed E-state index contributed by atoms with van der Waals surface area (Å²) >= 11 is 0. The van der Waals surface area contributed by atoms with E-state index in [1.54, 1.807) is 0 Å². The van der Waals surface area contributed by atoms with Crippen LogP contribution in [0.2, 0.25) is 0 Å². The zero-order valence-corrected chi connectivity index (χ0v) is 9.31. The summed E-state index contributed by atoms with van der Waals surface area (Å²) in [6.07, 6.45) is -3.35. The minimum Gasteiger partial charge on any atom is -0.397 e. The van der Waals surface area contributed by atoms with Gasteiger partial charge in [0, 0.05) is 6.54 Å². The molecular formula is C10H12F3N3O2. The summed E-state index contributed by atoms with van der Waals surface area (Å²) < 4.78 is 36.8. The first-order valence-electron chi connectivity index (χ1n) is 5.02. The smallest absolute Gasteiger partial charge is 0.397 e. The molecule has 5 nitrogen and oxygen atoms in total. The molecule has 100 valence electrons. The van der Waals surface area contributed by atoms with Gasteiger partial charge in [0.1, 0.15) is 12.2 Å². The molecule has 1 rings (SSSR count). The van der Waals surface area contributed by atoms with Crippen LogP contribution in [0, 0.1) is 0 Å². The lowest BCUT2D eigenvalue weighted by molar-refractivity contribution is -0.141. The fourth-order valence-electron chi connectivity index (χ4n) is 1.28. The van der Waals surface area contributed by atoms with Gasteiger partial charge < -0.3 is 15.7 Å². The number of carbonyl (C=O) groups is 1. The molecule has 8 heteroatoms. The van der Waals surface area contributed by atoms with Crippen LogP contribution in [-0.4, -0.2) is 46.8 Å². The third kappa shape index (κ3) is 4.21. The van der Waals surface area contributed by atoms with E-state index in [-0.39, 0.29) is 5.69 Å². The summed E-state index contributed by atoms with van der Waals surface area (Å²) in [7, 11) is 0. The number of aliphatic hydroxyl groups excluding tert-OH is 1. The third-order valence-electron chi connectivity index (χ3n) is 2.03. The Morgan fingerprint density at radius 3 is 2.56 bits per heavy atom. The highest BCUT2D eigenvalue weighted by Gasteiger charge is 2.33. The average molecular weight is 263 g/mol. The van der Waals surface area contributed by atoms with Crippen molar-refractivity contribution >= 4 is 11.6 Å². The quantitative estimate of drug-likeness (QED) is 0.836. The molecule has 1 aromatic heterocycles. The van der Waals surface area contributed by atoms with Gasteiger partial charge in [-0.05, 0) is 12.1 Å². The normalized spacial score (nSPS) is 11.3. The second-order valence-corrected chi connectivity index (χ2v) is 3.54. The van der Waals surface area contributed by atoms with Gasteiger partial charge >= 0.3 is 6.18 Å². The van der Waals surface area contributed by atoms with Crippen LogP contribution in [-0.2, 0) is 0 Å². The largest absolute Gasteiger partial charge is 0.406 e. The minimum atomic E-state index is -4.53. The lowest BCUT2D eigenvalue weighted by Gasteiger charge is -2.22. The van der Waals surface area contributed by atoms with Crippen molar-refractivity contribution in [1.82, 2.24) is 9.88 Å². The number of halogens is 3. The van der Waals surface area contributed by atoms with Crippen LogP contribution >= 0.6 is 0 Å². The molecular weight excluding hydrogens is 251 g/mol. The first-order valence-corrected chi connectivity index (χ1v) is 5.02. The molecule has 0 spiro atoms. The monoisotopic (exact) mass is 263 g/mol. The van der Waals surface area contributed by atoms with Gasteiger partial charge in [0.2, 0.25) is 0 Å². The van der Waals surface area contributed by atoms with Crippen LogP contribution in [0.5, 0.6) is 0 Å². The van der Waals surface area contributed by atoms with Crippen molar-refractivity contribution in [2.45, 2.75) is 6.18 Å². The molecule has 0 aromatic carbocycles. The first kappa shape index (κ1) is 14.2. The highest BCUT2D eigenvalue weighted by atomic mass is 19.4. The first-order chi connectivity index (χ1) is 8.33. The Morgan fingerprint density at radius 1 is 1.44 bits per heavy atom. The number of carbonyl (C=O) groups excluding carboxylic acids is 1. The molecule has 0 aliphatic carbocycles. The molecule has 0 unspecified atom stereocenters. The molecule has 0 radical (unpaired) electrons. The Bertz CT molecular complexity index is 406. The molecule has 0 aliphatic heterocycles. The average Bonchev–Trinajstić information content (AvgIpc) is 2.27. The minimum absolute atomic E-state index is 0.151. The topological polar surface area (TPSA) is 79.5 Å². The van der Waals surface area contributed by atoms with Crippen LogP contribution in [0.1, 0.15) is 10.5 Å². The summed E-state index contributed by atoms with van der Waals surface area (Å²) in [5.74, 6) is -0.902. The summed E-state index contributed by atoms with van der Waals surface area (Å²) in [5.41, 5.74) is 5.51. The molecule has 1 amide bonds. The number of nitrogens with zero attached hydrogens (tertiary/aromatic N) is 2. The van der Waals surface area contributed by atoms with E-state index in [9.17, 15) is 18.0 Å². The lowest BCUT2D eigenvalue weighted by Crippen LogP contribution is -2.41. The van der Waals surface area contributed by atoms with E-state index in [1.807, 2.05) is 0 Å². The zero-order valence-electron chi connectivity index (χ0n) is 9.31. The van der Waals surface area contributed by atoms with Gasteiger partial charge in [-0.25, -0.2) is 4.98 Å². The number of pyridine rings is 1. The van der Waals surface area contributed by atoms with Crippen LogP contribution in [0.15, 0.2) is 18.3 Å². The Morgan fingerprint density at radius 2 is 2.11 bits per heavy atom. The van der Waals surface area contributed by atoms with E-state index in [0.29, 0.717) is 10.6 Å². The number of aromatic nitrogens is 1. The van der Waals surface area contributed by atoms with Crippen LogP contribution < -0.4 is 5.73 Å². The maximum atomic E-state index is 12.3. The van der Waals surface area contributed by atoms with Gasteiger partial charge in [0.25, 0.3) is 5.91 Å². The number of hydrogen-bond acceptors (Lipinski definition) is 4. The maximum absolute atomic E-state index is 12.3. The van der Waals surface area contributed by atoms with Crippen molar-refractivity contribution in [1.29, 1.82) is 0 Å². The van der Waals surface area contributed by atoms with Gasteiger partial charge in [0.15, 0.2) is 0 Å². The molecule has 0 aliphatic rings. The molecule has 0 fully saturated rings. The van der Waals surface area contributed by atoms with Crippen molar-refractivity contribution in [2.75, 3.05) is 25.4 Å². The summed E-state index contributed by atoms with van der Waals surface area (Å²) in [6, 6.07) is 2.60. The molecule has 3 N–H and O–H groups in total. The Kier molecular flexibility index (Phi) is 4.49. The number of rotatable bonds is 4. The predicted octanol–water partition coefficient (Wildman–Crippen LogP) is 0.661. The second-order valence-electron chi connectivity index (χ2n) is 3.54. The molecule has 1 aromatic rings. The van der Waals surface area contributed by atoms with Crippen molar-refractivity contribution in [2.24, 2.45) is 0 Å². The third-order valence-corrected chi connectivity index (χ3v) is 2.03. The standard InChI is InChI=1S/C10H12F3N3O2/c11-10(12,13)6-16(3-4-17)9(18)8-2-1-7(14)5-15-8/h1-2,5,17H,3-4,6,14H2. The fourth-order valence-corrected chi connectivity index (χ4v) is 1.28. The summed E-state index contributed by atoms with van der Waals surface area (Å²) in [6.45, 7) is -2.40. The van der Waals surface area contributed by atoms with Crippen molar-refractivity contribution in [3.63, 3.8) is 0 Å². The van der Waals surface area contributed by atoms with Crippen LogP contribution in [0.4, 0.5) is 18.9 Å². The van der Waals surface area contributed by atoms with Gasteiger partial charge in [-0.15, -0.1) is 0 Å². The molecule has 0 saturated carbocycles. The van der Waals surface area contributed by atoms with Gasteiger partial charge in [-0.1, -0.05) is 0 Å². The van der Waals surface area contributed by atoms with E-state index < -0.39 is 31.8 Å². The molecule has 0 atom stereocenters. The van der Waals surface area contributed by atoms with Crippen molar-refractivity contribution < 1.29 is 23.1 Å². The Hall–Kier alpha value is -1.83. The van der Waals surface area contributed by atoms with E-state index in [0.717, 1.165) is 0 Å². The van der Waals surface area contributed by atoms with Gasteiger partial charge in [-0.3, -0.25) is 4.79 Å². The fraction of sp³-hybridized carbons (Fsp3) is 0.400. The van der Waals surface area contributed by atoms with Crippen molar-refractivity contribution in [3.05, 3.63) is 24.0 Å². The molecule has 18 heavy (non-hydrogen) atoms. The number of aliphatic hydroxyl groups is 1. The highest BCUT2D eigenvalue weighted by Crippen LogP contribution is 2.17. The Labute approximate surface area is 101 Å². The molecule has 0 bridgehead atoms. The highest BCUT2D eigenvalue weighted by molar-refractivity contribution is 5.92. The van der Waals surface area contributed by atoms with E-state index in [4.69, 9.17) is 10.8 Å². The lowest BCUT2D eigenvalue weighted by atomic mass is 10.3. The Balaban J connectivity index is 2.85. The number of anilines is 1. The SMILES string of the molecule is Nc1ccc(C(=O)N(CCO)CC(F)(F)F)nc1. The predicted molar refractivity (Wildman–Crippen MR) is 57.7 cm³/mol. The molecule has 0 saturated heterocycles. The van der Waals surface area contributed by atoms with E-state index in [1.165, 1.54) is 18.3 Å². The number of nitrogens with two attached hydrogens (primary N) is 1. The summed E-state index contributed by atoms with van der Waals surface area (Å²) in [4.78, 5) is 15.9.